The van der Waals surface area contributed by atoms with E-state index in [0.717, 1.165) is 63.0 Å². The third-order valence-electron chi connectivity index (χ3n) is 8.33. The smallest absolute Gasteiger partial charge is 0.326 e. The van der Waals surface area contributed by atoms with Crippen LogP contribution in [0, 0.1) is 18.3 Å². The third-order valence-corrected chi connectivity index (χ3v) is 8.33. The molecule has 3 amide bonds. The van der Waals surface area contributed by atoms with Crippen molar-refractivity contribution in [3.8, 4) is 11.4 Å². The minimum Gasteiger partial charge on any atom is -0.338 e. The van der Waals surface area contributed by atoms with Crippen LogP contribution in [-0.4, -0.2) is 75.2 Å². The fourth-order valence-corrected chi connectivity index (χ4v) is 5.85. The molecule has 0 bridgehead atoms. The molecule has 0 atom stereocenters. The fourth-order valence-electron chi connectivity index (χ4n) is 5.85. The molecule has 3 aliphatic rings. The predicted molar refractivity (Wildman–Crippen MR) is 136 cm³/mol. The van der Waals surface area contributed by atoms with Crippen molar-refractivity contribution < 1.29 is 14.1 Å². The van der Waals surface area contributed by atoms with Gasteiger partial charge >= 0.3 is 6.03 Å². The monoisotopic (exact) mass is 494 g/mol. The van der Waals surface area contributed by atoms with E-state index < -0.39 is 5.54 Å². The standard InChI is InChI=1S/C27H38N6O3/c1-19-7-5-6-8-21(19)23-28-22(36-30-23)17-31-13-15-32(16-14-31)18-33-24(34)27(29-25(33)35)11-9-20(10-12-27)26(2,3)4/h5-8,20H,9-18H2,1-4H3,(H,29,35). The van der Waals surface area contributed by atoms with Gasteiger partial charge in [-0.15, -0.1) is 0 Å². The van der Waals surface area contributed by atoms with Crippen molar-refractivity contribution >= 4 is 11.9 Å². The topological polar surface area (TPSA) is 94.8 Å². The normalized spacial score (nSPS) is 26.1. The van der Waals surface area contributed by atoms with Gasteiger partial charge in [0.05, 0.1) is 13.2 Å². The molecule has 1 spiro atoms. The van der Waals surface area contributed by atoms with E-state index in [1.807, 2.05) is 31.2 Å². The van der Waals surface area contributed by atoms with Crippen molar-refractivity contribution in [1.82, 2.24) is 30.2 Å². The number of carbonyl (C=O) groups is 2. The summed E-state index contributed by atoms with van der Waals surface area (Å²) in [5.41, 5.74) is 1.63. The molecule has 1 saturated carbocycles. The van der Waals surface area contributed by atoms with E-state index in [1.54, 1.807) is 0 Å². The van der Waals surface area contributed by atoms with Crippen LogP contribution < -0.4 is 5.32 Å². The van der Waals surface area contributed by atoms with E-state index >= 15 is 0 Å². The lowest BCUT2D eigenvalue weighted by molar-refractivity contribution is -0.134. The number of amides is 3. The summed E-state index contributed by atoms with van der Waals surface area (Å²) in [6, 6.07) is 7.76. The Kier molecular flexibility index (Phi) is 6.63. The maximum atomic E-state index is 13.3. The quantitative estimate of drug-likeness (QED) is 0.634. The number of piperazine rings is 1. The number of hydrogen-bond donors (Lipinski definition) is 1. The molecule has 0 radical (unpaired) electrons. The first-order chi connectivity index (χ1) is 17.1. The molecule has 9 heteroatoms. The minimum atomic E-state index is -0.701. The molecule has 1 aromatic carbocycles. The zero-order chi connectivity index (χ0) is 25.5. The summed E-state index contributed by atoms with van der Waals surface area (Å²) in [5.74, 6) is 1.76. The number of aryl methyl sites for hydroxylation is 1. The van der Waals surface area contributed by atoms with Crippen molar-refractivity contribution in [2.75, 3.05) is 32.8 Å². The summed E-state index contributed by atoms with van der Waals surface area (Å²) >= 11 is 0. The van der Waals surface area contributed by atoms with Crippen LogP contribution >= 0.6 is 0 Å². The Balaban J connectivity index is 1.12. The van der Waals surface area contributed by atoms with E-state index in [9.17, 15) is 9.59 Å². The van der Waals surface area contributed by atoms with Gasteiger partial charge in [0.1, 0.15) is 5.54 Å². The first-order valence-corrected chi connectivity index (χ1v) is 13.1. The molecule has 5 rings (SSSR count). The van der Waals surface area contributed by atoms with Gasteiger partial charge in [0.2, 0.25) is 11.7 Å². The number of rotatable bonds is 5. The van der Waals surface area contributed by atoms with Crippen LogP contribution in [-0.2, 0) is 11.3 Å². The van der Waals surface area contributed by atoms with Crippen molar-refractivity contribution in [3.05, 3.63) is 35.7 Å². The summed E-state index contributed by atoms with van der Waals surface area (Å²) in [7, 11) is 0. The largest absolute Gasteiger partial charge is 0.338 e. The van der Waals surface area contributed by atoms with Crippen molar-refractivity contribution in [3.63, 3.8) is 0 Å². The maximum Gasteiger partial charge on any atom is 0.326 e. The highest BCUT2D eigenvalue weighted by Gasteiger charge is 2.53. The van der Waals surface area contributed by atoms with Crippen molar-refractivity contribution in [2.45, 2.75) is 65.5 Å². The lowest BCUT2D eigenvalue weighted by atomic mass is 9.67. The summed E-state index contributed by atoms with van der Waals surface area (Å²) < 4.78 is 5.51. The summed E-state index contributed by atoms with van der Waals surface area (Å²) in [4.78, 5) is 36.6. The van der Waals surface area contributed by atoms with Crippen LogP contribution in [0.4, 0.5) is 4.79 Å². The van der Waals surface area contributed by atoms with Crippen molar-refractivity contribution in [2.24, 2.45) is 11.3 Å². The molecular weight excluding hydrogens is 456 g/mol. The highest BCUT2D eigenvalue weighted by Crippen LogP contribution is 2.43. The fraction of sp³-hybridized carbons (Fsp3) is 0.630. The third kappa shape index (κ3) is 4.91. The molecule has 3 heterocycles. The number of hydrogen-bond acceptors (Lipinski definition) is 7. The average molecular weight is 495 g/mol. The molecule has 194 valence electrons. The van der Waals surface area contributed by atoms with Crippen LogP contribution in [0.3, 0.4) is 0 Å². The van der Waals surface area contributed by atoms with Crippen LogP contribution in [0.25, 0.3) is 11.4 Å². The van der Waals surface area contributed by atoms with Gasteiger partial charge in [-0.25, -0.2) is 9.69 Å². The number of aromatic nitrogens is 2. The van der Waals surface area contributed by atoms with E-state index in [4.69, 9.17) is 4.52 Å². The zero-order valence-electron chi connectivity index (χ0n) is 21.9. The van der Waals surface area contributed by atoms with Gasteiger partial charge in [-0.05, 0) is 49.5 Å². The highest BCUT2D eigenvalue weighted by molar-refractivity contribution is 6.07. The second-order valence-electron chi connectivity index (χ2n) is 11.7. The number of nitrogens with zero attached hydrogens (tertiary/aromatic N) is 5. The first-order valence-electron chi connectivity index (χ1n) is 13.1. The molecule has 36 heavy (non-hydrogen) atoms. The van der Waals surface area contributed by atoms with Gasteiger partial charge in [-0.1, -0.05) is 50.2 Å². The molecule has 9 nitrogen and oxygen atoms in total. The number of urea groups is 1. The van der Waals surface area contributed by atoms with Crippen molar-refractivity contribution in [1.29, 1.82) is 0 Å². The van der Waals surface area contributed by atoms with Gasteiger partial charge in [0, 0.05) is 31.7 Å². The molecule has 1 N–H and O–H groups in total. The molecular formula is C27H38N6O3. The van der Waals surface area contributed by atoms with Gasteiger partial charge in [0.25, 0.3) is 5.91 Å². The molecule has 2 aromatic rings. The van der Waals surface area contributed by atoms with E-state index in [1.165, 1.54) is 4.90 Å². The summed E-state index contributed by atoms with van der Waals surface area (Å²) in [6.07, 6.45) is 3.42. The lowest BCUT2D eigenvalue weighted by Gasteiger charge is -2.40. The molecule has 2 aliphatic heterocycles. The Morgan fingerprint density at radius 3 is 2.39 bits per heavy atom. The van der Waals surface area contributed by atoms with Crippen LogP contribution in [0.5, 0.6) is 0 Å². The van der Waals surface area contributed by atoms with Crippen LogP contribution in [0.2, 0.25) is 0 Å². The minimum absolute atomic E-state index is 0.0446. The number of imide groups is 1. The molecule has 1 aromatic heterocycles. The molecule has 3 fully saturated rings. The Morgan fingerprint density at radius 1 is 1.06 bits per heavy atom. The van der Waals surface area contributed by atoms with E-state index in [2.05, 4.69) is 46.0 Å². The Bertz CT molecular complexity index is 1110. The van der Waals surface area contributed by atoms with Gasteiger partial charge in [-0.3, -0.25) is 14.6 Å². The van der Waals surface area contributed by atoms with Crippen LogP contribution in [0.1, 0.15) is 57.9 Å². The lowest BCUT2D eigenvalue weighted by Crippen LogP contribution is -2.53. The number of nitrogens with one attached hydrogen (secondary N) is 1. The number of carbonyl (C=O) groups excluding carboxylic acids is 2. The second-order valence-corrected chi connectivity index (χ2v) is 11.7. The maximum absolute atomic E-state index is 13.3. The van der Waals surface area contributed by atoms with Gasteiger partial charge < -0.3 is 9.84 Å². The molecule has 0 unspecified atom stereocenters. The number of benzene rings is 1. The Hall–Kier alpha value is -2.78. The molecule has 1 aliphatic carbocycles. The SMILES string of the molecule is Cc1ccccc1-c1noc(CN2CCN(CN3C(=O)NC4(CCC(C(C)(C)C)CC4)C3=O)CC2)n1. The van der Waals surface area contributed by atoms with Gasteiger partial charge in [-0.2, -0.15) is 4.98 Å². The predicted octanol–water partition coefficient (Wildman–Crippen LogP) is 3.65. The first kappa shape index (κ1) is 24.9. The zero-order valence-corrected chi connectivity index (χ0v) is 21.9. The van der Waals surface area contributed by atoms with Crippen LogP contribution in [0.15, 0.2) is 28.8 Å². The second kappa shape index (κ2) is 9.59. The van der Waals surface area contributed by atoms with Gasteiger partial charge in [0.15, 0.2) is 0 Å². The Labute approximate surface area is 213 Å². The molecule has 2 saturated heterocycles. The summed E-state index contributed by atoms with van der Waals surface area (Å²) in [5, 5.41) is 7.23. The summed E-state index contributed by atoms with van der Waals surface area (Å²) in [6.45, 7) is 12.9. The van der Waals surface area contributed by atoms with E-state index in [0.29, 0.717) is 30.8 Å². The Morgan fingerprint density at radius 2 is 1.72 bits per heavy atom. The average Bonchev–Trinajstić information content (AvgIpc) is 3.39. The van der Waals surface area contributed by atoms with E-state index in [-0.39, 0.29) is 17.4 Å². The highest BCUT2D eigenvalue weighted by atomic mass is 16.5.